The van der Waals surface area contributed by atoms with Gasteiger partial charge in [-0.05, 0) is 34.5 Å². The van der Waals surface area contributed by atoms with Crippen LogP contribution in [0.15, 0.2) is 66.7 Å². The van der Waals surface area contributed by atoms with E-state index in [-0.39, 0.29) is 19.0 Å². The van der Waals surface area contributed by atoms with E-state index in [9.17, 15) is 9.90 Å². The van der Waals surface area contributed by atoms with E-state index in [2.05, 4.69) is 15.6 Å². The average Bonchev–Trinajstić information content (AvgIpc) is 3.08. The Labute approximate surface area is 150 Å². The number of carbonyl (C=O) groups is 1. The lowest BCUT2D eigenvalue weighted by molar-refractivity contribution is -0.122. The first-order valence-corrected chi connectivity index (χ1v) is 8.42. The number of rotatable bonds is 5. The fourth-order valence-electron chi connectivity index (χ4n) is 2.97. The number of carbonyl (C=O) groups excluding carboxylic acids is 1. The molecule has 6 nitrogen and oxygen atoms in total. The Morgan fingerprint density at radius 1 is 1.04 bits per heavy atom. The Hall–Kier alpha value is -3.25. The lowest BCUT2D eigenvalue weighted by Crippen LogP contribution is -2.31. The van der Waals surface area contributed by atoms with Crippen molar-refractivity contribution in [3.63, 3.8) is 0 Å². The molecule has 26 heavy (non-hydrogen) atoms. The van der Waals surface area contributed by atoms with Gasteiger partial charge in [-0.1, -0.05) is 53.7 Å². The molecule has 4 aromatic rings. The molecule has 0 aliphatic rings. The van der Waals surface area contributed by atoms with Gasteiger partial charge in [-0.3, -0.25) is 4.79 Å². The van der Waals surface area contributed by atoms with E-state index >= 15 is 0 Å². The maximum atomic E-state index is 12.2. The normalized spacial score (nSPS) is 12.3. The number of fused-ring (bicyclic) bond motifs is 2. The zero-order valence-electron chi connectivity index (χ0n) is 14.0. The molecule has 1 aromatic heterocycles. The van der Waals surface area contributed by atoms with Crippen LogP contribution in [0.5, 0.6) is 0 Å². The van der Waals surface area contributed by atoms with Crippen molar-refractivity contribution in [1.82, 2.24) is 20.3 Å². The van der Waals surface area contributed by atoms with Gasteiger partial charge in [-0.2, -0.15) is 0 Å². The van der Waals surface area contributed by atoms with Crippen LogP contribution in [0.1, 0.15) is 11.7 Å². The fraction of sp³-hybridized carbons (Fsp3) is 0.150. The van der Waals surface area contributed by atoms with Gasteiger partial charge in [0.25, 0.3) is 0 Å². The number of para-hydroxylation sites is 1. The maximum absolute atomic E-state index is 12.2. The highest BCUT2D eigenvalue weighted by Crippen LogP contribution is 2.20. The van der Waals surface area contributed by atoms with Crippen LogP contribution < -0.4 is 5.32 Å². The predicted molar refractivity (Wildman–Crippen MR) is 99.4 cm³/mol. The van der Waals surface area contributed by atoms with Crippen LogP contribution in [0.3, 0.4) is 0 Å². The first-order chi connectivity index (χ1) is 12.7. The van der Waals surface area contributed by atoms with Gasteiger partial charge in [0, 0.05) is 6.54 Å². The van der Waals surface area contributed by atoms with Crippen molar-refractivity contribution < 1.29 is 9.90 Å². The number of benzene rings is 3. The highest BCUT2D eigenvalue weighted by atomic mass is 16.3. The van der Waals surface area contributed by atoms with E-state index in [1.165, 1.54) is 0 Å². The molecular weight excluding hydrogens is 328 g/mol. The molecule has 0 aliphatic carbocycles. The number of aliphatic hydroxyl groups excluding tert-OH is 1. The van der Waals surface area contributed by atoms with Crippen molar-refractivity contribution >= 4 is 27.7 Å². The van der Waals surface area contributed by atoms with Gasteiger partial charge in [0.15, 0.2) is 0 Å². The first kappa shape index (κ1) is 16.2. The third-order valence-corrected chi connectivity index (χ3v) is 4.36. The Balaban J connectivity index is 1.40. The molecular formula is C20H18N4O2. The van der Waals surface area contributed by atoms with E-state index in [4.69, 9.17) is 0 Å². The molecule has 1 unspecified atom stereocenters. The van der Waals surface area contributed by atoms with Gasteiger partial charge in [0.1, 0.15) is 12.1 Å². The van der Waals surface area contributed by atoms with Crippen LogP contribution in [0.25, 0.3) is 21.8 Å². The molecule has 3 aromatic carbocycles. The van der Waals surface area contributed by atoms with Crippen molar-refractivity contribution in [1.29, 1.82) is 0 Å². The summed E-state index contributed by atoms with van der Waals surface area (Å²) in [5, 5.41) is 23.3. The van der Waals surface area contributed by atoms with E-state index in [1.54, 1.807) is 4.68 Å². The van der Waals surface area contributed by atoms with E-state index in [0.717, 1.165) is 27.4 Å². The largest absolute Gasteiger partial charge is 0.387 e. The smallest absolute Gasteiger partial charge is 0.241 e. The molecule has 1 amide bonds. The second kappa shape index (κ2) is 6.93. The van der Waals surface area contributed by atoms with Crippen molar-refractivity contribution in [3.05, 3.63) is 72.3 Å². The summed E-state index contributed by atoms with van der Waals surface area (Å²) in [6.45, 7) is 0.203. The number of hydrogen-bond acceptors (Lipinski definition) is 4. The van der Waals surface area contributed by atoms with E-state index in [1.807, 2.05) is 66.7 Å². The number of nitrogens with zero attached hydrogens (tertiary/aromatic N) is 3. The molecule has 2 N–H and O–H groups in total. The van der Waals surface area contributed by atoms with Crippen LogP contribution in [0.4, 0.5) is 0 Å². The van der Waals surface area contributed by atoms with Crippen molar-refractivity contribution in [2.24, 2.45) is 0 Å². The zero-order chi connectivity index (χ0) is 17.9. The second-order valence-corrected chi connectivity index (χ2v) is 6.16. The van der Waals surface area contributed by atoms with Crippen molar-refractivity contribution in [3.8, 4) is 0 Å². The lowest BCUT2D eigenvalue weighted by Gasteiger charge is -2.13. The van der Waals surface area contributed by atoms with Crippen LogP contribution in [-0.2, 0) is 11.3 Å². The van der Waals surface area contributed by atoms with Gasteiger partial charge in [-0.25, -0.2) is 4.68 Å². The molecule has 130 valence electrons. The number of nitrogens with one attached hydrogen (secondary N) is 1. The third-order valence-electron chi connectivity index (χ3n) is 4.36. The molecule has 1 atom stereocenters. The molecule has 1 heterocycles. The molecule has 0 spiro atoms. The van der Waals surface area contributed by atoms with Crippen LogP contribution in [0.2, 0.25) is 0 Å². The summed E-state index contributed by atoms with van der Waals surface area (Å²) in [6.07, 6.45) is -0.768. The van der Waals surface area contributed by atoms with E-state index < -0.39 is 6.10 Å². The number of aliphatic hydroxyl groups is 1. The molecule has 0 saturated carbocycles. The zero-order valence-corrected chi connectivity index (χ0v) is 14.0. The minimum absolute atomic E-state index is 0.0605. The number of amides is 1. The minimum atomic E-state index is -0.768. The van der Waals surface area contributed by atoms with E-state index in [0.29, 0.717) is 0 Å². The first-order valence-electron chi connectivity index (χ1n) is 8.42. The molecule has 0 bridgehead atoms. The van der Waals surface area contributed by atoms with Crippen molar-refractivity contribution in [2.75, 3.05) is 6.54 Å². The summed E-state index contributed by atoms with van der Waals surface area (Å²) in [4.78, 5) is 12.2. The maximum Gasteiger partial charge on any atom is 0.241 e. The summed E-state index contributed by atoms with van der Waals surface area (Å²) in [7, 11) is 0. The Morgan fingerprint density at radius 2 is 1.81 bits per heavy atom. The summed E-state index contributed by atoms with van der Waals surface area (Å²) >= 11 is 0. The highest BCUT2D eigenvalue weighted by molar-refractivity contribution is 5.83. The Bertz CT molecular complexity index is 1070. The molecule has 0 saturated heterocycles. The van der Waals surface area contributed by atoms with Gasteiger partial charge in [0.05, 0.1) is 11.6 Å². The molecule has 0 aliphatic heterocycles. The van der Waals surface area contributed by atoms with Gasteiger partial charge in [0.2, 0.25) is 5.91 Å². The SMILES string of the molecule is O=C(Cn1nnc2ccccc21)NCC(O)c1ccc2ccccc2c1. The summed E-state index contributed by atoms with van der Waals surface area (Å²) < 4.78 is 1.55. The Morgan fingerprint density at radius 3 is 2.69 bits per heavy atom. The lowest BCUT2D eigenvalue weighted by atomic mass is 10.0. The highest BCUT2D eigenvalue weighted by Gasteiger charge is 2.12. The summed E-state index contributed by atoms with van der Waals surface area (Å²) in [5.41, 5.74) is 2.32. The van der Waals surface area contributed by atoms with Crippen LogP contribution in [-0.4, -0.2) is 32.6 Å². The third kappa shape index (κ3) is 3.27. The predicted octanol–water partition coefficient (Wildman–Crippen LogP) is 2.43. The average molecular weight is 346 g/mol. The second-order valence-electron chi connectivity index (χ2n) is 6.16. The van der Waals surface area contributed by atoms with Crippen LogP contribution >= 0.6 is 0 Å². The van der Waals surface area contributed by atoms with Gasteiger partial charge < -0.3 is 10.4 Å². The van der Waals surface area contributed by atoms with Crippen LogP contribution in [0, 0.1) is 0 Å². The number of hydrogen-bond donors (Lipinski definition) is 2. The Kier molecular flexibility index (Phi) is 4.33. The monoisotopic (exact) mass is 346 g/mol. The van der Waals surface area contributed by atoms with Crippen molar-refractivity contribution in [2.45, 2.75) is 12.6 Å². The minimum Gasteiger partial charge on any atom is -0.387 e. The number of aromatic nitrogens is 3. The van der Waals surface area contributed by atoms with Gasteiger partial charge >= 0.3 is 0 Å². The standard InChI is InChI=1S/C20H18N4O2/c25-19(16-10-9-14-5-1-2-6-15(14)11-16)12-21-20(26)13-24-18-8-4-3-7-17(18)22-23-24/h1-11,19,25H,12-13H2,(H,21,26). The molecule has 0 radical (unpaired) electrons. The molecule has 0 fully saturated rings. The fourth-order valence-corrected chi connectivity index (χ4v) is 2.97. The summed E-state index contributed by atoms with van der Waals surface area (Å²) in [6, 6.07) is 21.2. The van der Waals surface area contributed by atoms with Gasteiger partial charge in [-0.15, -0.1) is 5.10 Å². The quantitative estimate of drug-likeness (QED) is 0.582. The molecule has 6 heteroatoms. The summed E-state index contributed by atoms with van der Waals surface area (Å²) in [5.74, 6) is -0.222. The topological polar surface area (TPSA) is 80.0 Å². The molecule has 4 rings (SSSR count).